The van der Waals surface area contributed by atoms with Gasteiger partial charge in [-0.25, -0.2) is 0 Å². The number of thiophene rings is 1. The quantitative estimate of drug-likeness (QED) is 0.938. The van der Waals surface area contributed by atoms with Crippen LogP contribution in [0.4, 0.5) is 0 Å². The minimum atomic E-state index is 0.130. The predicted molar refractivity (Wildman–Crippen MR) is 84.5 cm³/mol. The van der Waals surface area contributed by atoms with Crippen molar-refractivity contribution in [2.45, 2.75) is 25.8 Å². The fourth-order valence-electron chi connectivity index (χ4n) is 2.72. The number of amides is 1. The summed E-state index contributed by atoms with van der Waals surface area (Å²) in [4.78, 5) is 16.8. The van der Waals surface area contributed by atoms with E-state index < -0.39 is 0 Å². The number of phenolic OH excluding ortho intramolecular Hbond substituents is 1. The van der Waals surface area contributed by atoms with Crippen LogP contribution in [0.5, 0.6) is 5.75 Å². The second kappa shape index (κ2) is 5.53. The molecule has 0 spiro atoms. The van der Waals surface area contributed by atoms with Gasteiger partial charge in [-0.3, -0.25) is 4.79 Å². The second-order valence-electron chi connectivity index (χ2n) is 5.76. The zero-order valence-electron chi connectivity index (χ0n) is 12.2. The summed E-state index contributed by atoms with van der Waals surface area (Å²) >= 11 is 1.79. The Bertz CT molecular complexity index is 664. The van der Waals surface area contributed by atoms with E-state index in [9.17, 15) is 9.90 Å². The highest BCUT2D eigenvalue weighted by molar-refractivity contribution is 7.12. The number of aromatic hydroxyl groups is 1. The molecular weight excluding hydrogens is 282 g/mol. The zero-order valence-corrected chi connectivity index (χ0v) is 13.1. The summed E-state index contributed by atoms with van der Waals surface area (Å²) in [6.07, 6.45) is 0.961. The highest BCUT2D eigenvalue weighted by atomic mass is 32.1. The van der Waals surface area contributed by atoms with Gasteiger partial charge in [0.1, 0.15) is 5.75 Å². The lowest BCUT2D eigenvalue weighted by Gasteiger charge is -2.17. The van der Waals surface area contributed by atoms with Crippen LogP contribution in [0.25, 0.3) is 0 Å². The zero-order chi connectivity index (χ0) is 15.0. The van der Waals surface area contributed by atoms with Gasteiger partial charge in [-0.05, 0) is 43.2 Å². The van der Waals surface area contributed by atoms with Crippen LogP contribution in [-0.2, 0) is 11.3 Å². The molecule has 1 amide bonds. The topological polar surface area (TPSA) is 40.5 Å². The van der Waals surface area contributed by atoms with Crippen molar-refractivity contribution < 1.29 is 9.90 Å². The summed E-state index contributed by atoms with van der Waals surface area (Å²) in [6, 6.07) is 11.3. The summed E-state index contributed by atoms with van der Waals surface area (Å²) < 4.78 is 0. The molecule has 1 saturated carbocycles. The Balaban J connectivity index is 1.61. The lowest BCUT2D eigenvalue weighted by atomic mass is 10.2. The number of carbonyl (C=O) groups excluding carboxylic acids is 1. The molecule has 1 aliphatic carbocycles. The van der Waals surface area contributed by atoms with E-state index in [2.05, 4.69) is 19.1 Å². The van der Waals surface area contributed by atoms with Gasteiger partial charge < -0.3 is 10.0 Å². The molecule has 1 fully saturated rings. The fourth-order valence-corrected chi connectivity index (χ4v) is 3.78. The van der Waals surface area contributed by atoms with Gasteiger partial charge in [-0.2, -0.15) is 0 Å². The van der Waals surface area contributed by atoms with E-state index in [1.54, 1.807) is 34.4 Å². The van der Waals surface area contributed by atoms with Gasteiger partial charge in [0.05, 0.1) is 0 Å². The first-order valence-electron chi connectivity index (χ1n) is 7.14. The van der Waals surface area contributed by atoms with Crippen LogP contribution in [0.2, 0.25) is 0 Å². The largest absolute Gasteiger partial charge is 0.508 e. The maximum atomic E-state index is 12.5. The van der Waals surface area contributed by atoms with Gasteiger partial charge in [-0.1, -0.05) is 12.1 Å². The number of hydrogen-bond donors (Lipinski definition) is 1. The van der Waals surface area contributed by atoms with Crippen LogP contribution >= 0.6 is 11.3 Å². The molecule has 21 heavy (non-hydrogen) atoms. The van der Waals surface area contributed by atoms with Crippen LogP contribution in [0.15, 0.2) is 36.4 Å². The molecule has 0 aliphatic heterocycles. The predicted octanol–water partition coefficient (Wildman–Crippen LogP) is 3.52. The maximum Gasteiger partial charge on any atom is 0.226 e. The Labute approximate surface area is 128 Å². The van der Waals surface area contributed by atoms with Gasteiger partial charge in [0.25, 0.3) is 0 Å². The first kappa shape index (κ1) is 14.1. The van der Waals surface area contributed by atoms with E-state index >= 15 is 0 Å². The van der Waals surface area contributed by atoms with Crippen molar-refractivity contribution in [2.75, 3.05) is 7.05 Å². The molecule has 1 N–H and O–H groups in total. The first-order chi connectivity index (χ1) is 10.0. The van der Waals surface area contributed by atoms with Gasteiger partial charge in [0, 0.05) is 35.2 Å². The van der Waals surface area contributed by atoms with E-state index in [0.717, 1.165) is 12.0 Å². The van der Waals surface area contributed by atoms with E-state index in [1.807, 2.05) is 13.1 Å². The molecule has 2 aromatic rings. The van der Waals surface area contributed by atoms with Crippen LogP contribution in [0.1, 0.15) is 27.7 Å². The molecule has 1 aromatic heterocycles. The van der Waals surface area contributed by atoms with Crippen molar-refractivity contribution >= 4 is 17.2 Å². The van der Waals surface area contributed by atoms with Crippen LogP contribution in [-0.4, -0.2) is 23.0 Å². The molecule has 1 heterocycles. The highest BCUT2D eigenvalue weighted by Crippen LogP contribution is 2.50. The Morgan fingerprint density at radius 2 is 2.19 bits per heavy atom. The molecule has 0 saturated heterocycles. The van der Waals surface area contributed by atoms with E-state index in [1.165, 1.54) is 9.75 Å². The molecule has 3 rings (SSSR count). The maximum absolute atomic E-state index is 12.5. The third kappa shape index (κ3) is 3.10. The van der Waals surface area contributed by atoms with Crippen molar-refractivity contribution in [1.29, 1.82) is 0 Å². The Kier molecular flexibility index (Phi) is 3.72. The van der Waals surface area contributed by atoms with Crippen LogP contribution in [0.3, 0.4) is 0 Å². The van der Waals surface area contributed by atoms with E-state index in [-0.39, 0.29) is 17.6 Å². The third-order valence-electron chi connectivity index (χ3n) is 3.94. The Hall–Kier alpha value is -1.81. The van der Waals surface area contributed by atoms with E-state index in [4.69, 9.17) is 0 Å². The highest BCUT2D eigenvalue weighted by Gasteiger charge is 2.45. The summed E-state index contributed by atoms with van der Waals surface area (Å²) in [5.74, 6) is 0.981. The van der Waals surface area contributed by atoms with Crippen molar-refractivity contribution in [1.82, 2.24) is 4.90 Å². The number of nitrogens with zero attached hydrogens (tertiary/aromatic N) is 1. The Morgan fingerprint density at radius 3 is 2.86 bits per heavy atom. The van der Waals surface area contributed by atoms with Crippen molar-refractivity contribution in [3.05, 3.63) is 51.7 Å². The van der Waals surface area contributed by atoms with Gasteiger partial charge >= 0.3 is 0 Å². The smallest absolute Gasteiger partial charge is 0.226 e. The number of benzene rings is 1. The number of carbonyl (C=O) groups is 1. The number of phenols is 1. The minimum Gasteiger partial charge on any atom is -0.508 e. The van der Waals surface area contributed by atoms with E-state index in [0.29, 0.717) is 12.5 Å². The molecule has 1 aromatic carbocycles. The van der Waals surface area contributed by atoms with Crippen LogP contribution < -0.4 is 0 Å². The number of rotatable bonds is 4. The first-order valence-corrected chi connectivity index (χ1v) is 7.95. The monoisotopic (exact) mass is 301 g/mol. The number of aryl methyl sites for hydroxylation is 1. The second-order valence-corrected chi connectivity index (χ2v) is 7.08. The number of hydrogen-bond acceptors (Lipinski definition) is 3. The summed E-state index contributed by atoms with van der Waals surface area (Å²) in [6.45, 7) is 2.64. The summed E-state index contributed by atoms with van der Waals surface area (Å²) in [5.41, 5.74) is 0.954. The van der Waals surface area contributed by atoms with Crippen LogP contribution in [0, 0.1) is 12.8 Å². The minimum absolute atomic E-state index is 0.130. The average Bonchev–Trinajstić information content (AvgIpc) is 3.13. The lowest BCUT2D eigenvalue weighted by molar-refractivity contribution is -0.131. The van der Waals surface area contributed by atoms with Crippen molar-refractivity contribution in [3.8, 4) is 5.75 Å². The molecule has 3 nitrogen and oxygen atoms in total. The molecule has 1 aliphatic rings. The summed E-state index contributed by atoms with van der Waals surface area (Å²) in [5, 5.41) is 9.48. The average molecular weight is 301 g/mol. The third-order valence-corrected chi connectivity index (χ3v) is 5.07. The summed E-state index contributed by atoms with van der Waals surface area (Å²) in [7, 11) is 1.83. The Morgan fingerprint density at radius 1 is 1.38 bits per heavy atom. The van der Waals surface area contributed by atoms with Gasteiger partial charge in [0.15, 0.2) is 0 Å². The fraction of sp³-hybridized carbons (Fsp3) is 0.353. The molecule has 0 bridgehead atoms. The molecule has 2 unspecified atom stereocenters. The molecule has 4 heteroatoms. The van der Waals surface area contributed by atoms with Crippen molar-refractivity contribution in [3.63, 3.8) is 0 Å². The molecule has 2 atom stereocenters. The van der Waals surface area contributed by atoms with Crippen molar-refractivity contribution in [2.24, 2.45) is 5.92 Å². The SMILES string of the molecule is Cc1ccc(C2CC2C(=O)N(C)Cc2cccc(O)c2)s1. The normalized spacial score (nSPS) is 20.3. The lowest BCUT2D eigenvalue weighted by Crippen LogP contribution is -2.27. The van der Waals surface area contributed by atoms with Gasteiger partial charge in [0.2, 0.25) is 5.91 Å². The molecule has 0 radical (unpaired) electrons. The molecular formula is C17H19NO2S. The molecule has 110 valence electrons. The van der Waals surface area contributed by atoms with Gasteiger partial charge in [-0.15, -0.1) is 11.3 Å². The standard InChI is InChI=1S/C17H19NO2S/c1-11-6-7-16(21-11)14-9-15(14)17(20)18(2)10-12-4-3-5-13(19)8-12/h3-8,14-15,19H,9-10H2,1-2H3.